The van der Waals surface area contributed by atoms with Gasteiger partial charge >= 0.3 is 0 Å². The number of benzene rings is 2. The Morgan fingerprint density at radius 3 is 2.55 bits per heavy atom. The fraction of sp³-hybridized carbons (Fsp3) is 0.333. The van der Waals surface area contributed by atoms with E-state index in [1.54, 1.807) is 12.1 Å². The first-order valence-corrected chi connectivity index (χ1v) is 10.1. The molecule has 0 radical (unpaired) electrons. The number of hydrogen-bond acceptors (Lipinski definition) is 5. The van der Waals surface area contributed by atoms with Gasteiger partial charge in [-0.2, -0.15) is 0 Å². The summed E-state index contributed by atoms with van der Waals surface area (Å²) in [6.45, 7) is 6.65. The molecular formula is C21H24ClN3O3S. The lowest BCUT2D eigenvalue weighted by molar-refractivity contribution is -0.121. The third-order valence-electron chi connectivity index (χ3n) is 4.54. The lowest BCUT2D eigenvalue weighted by atomic mass is 10.1. The van der Waals surface area contributed by atoms with Gasteiger partial charge in [0.1, 0.15) is 5.75 Å². The highest BCUT2D eigenvalue weighted by atomic mass is 35.5. The van der Waals surface area contributed by atoms with E-state index in [4.69, 9.17) is 33.3 Å². The van der Waals surface area contributed by atoms with E-state index in [1.807, 2.05) is 38.1 Å². The molecule has 2 N–H and O–H groups in total. The second kappa shape index (κ2) is 9.91. The SMILES string of the molecule is Cc1cc(OCC(=O)NC(=S)Nc2ccccc2N2CCOCC2)cc(C)c1Cl. The maximum absolute atomic E-state index is 12.2. The number of aryl methyl sites for hydroxylation is 2. The quantitative estimate of drug-likeness (QED) is 0.701. The zero-order valence-electron chi connectivity index (χ0n) is 16.5. The molecule has 6 nitrogen and oxygen atoms in total. The zero-order chi connectivity index (χ0) is 20.8. The van der Waals surface area contributed by atoms with Crippen LogP contribution < -0.4 is 20.3 Å². The lowest BCUT2D eigenvalue weighted by Crippen LogP contribution is -2.39. The summed E-state index contributed by atoms with van der Waals surface area (Å²) >= 11 is 11.5. The zero-order valence-corrected chi connectivity index (χ0v) is 18.0. The van der Waals surface area contributed by atoms with E-state index in [2.05, 4.69) is 15.5 Å². The van der Waals surface area contributed by atoms with E-state index in [1.165, 1.54) is 0 Å². The van der Waals surface area contributed by atoms with Gasteiger partial charge in [-0.1, -0.05) is 23.7 Å². The van der Waals surface area contributed by atoms with Crippen LogP contribution in [0.2, 0.25) is 5.02 Å². The van der Waals surface area contributed by atoms with E-state index in [0.717, 1.165) is 35.6 Å². The Kier molecular flexibility index (Phi) is 7.30. The number of ether oxygens (including phenoxy) is 2. The van der Waals surface area contributed by atoms with E-state index in [0.29, 0.717) is 24.0 Å². The van der Waals surface area contributed by atoms with Crippen LogP contribution in [0.15, 0.2) is 36.4 Å². The van der Waals surface area contributed by atoms with Crippen LogP contribution >= 0.6 is 23.8 Å². The monoisotopic (exact) mass is 433 g/mol. The van der Waals surface area contributed by atoms with Crippen molar-refractivity contribution in [2.75, 3.05) is 43.1 Å². The molecule has 0 spiro atoms. The second-order valence-corrected chi connectivity index (χ2v) is 7.56. The van der Waals surface area contributed by atoms with Crippen LogP contribution in [0.4, 0.5) is 11.4 Å². The van der Waals surface area contributed by atoms with Crippen LogP contribution in [0.1, 0.15) is 11.1 Å². The van der Waals surface area contributed by atoms with Gasteiger partial charge < -0.3 is 19.7 Å². The molecule has 3 rings (SSSR count). The van der Waals surface area contributed by atoms with Crippen molar-refractivity contribution in [1.29, 1.82) is 0 Å². The highest BCUT2D eigenvalue weighted by Crippen LogP contribution is 2.27. The lowest BCUT2D eigenvalue weighted by Gasteiger charge is -2.30. The molecule has 0 aliphatic carbocycles. The Hall–Kier alpha value is -2.35. The molecule has 0 saturated carbocycles. The van der Waals surface area contributed by atoms with Gasteiger partial charge in [-0.3, -0.25) is 10.1 Å². The molecule has 2 aromatic rings. The summed E-state index contributed by atoms with van der Waals surface area (Å²) in [6, 6.07) is 11.5. The van der Waals surface area contributed by atoms with Gasteiger partial charge in [0.15, 0.2) is 11.7 Å². The molecule has 1 aliphatic rings. The minimum Gasteiger partial charge on any atom is -0.484 e. The first kappa shape index (κ1) is 21.4. The third kappa shape index (κ3) is 5.82. The fourth-order valence-electron chi connectivity index (χ4n) is 3.11. The number of halogens is 1. The van der Waals surface area contributed by atoms with E-state index < -0.39 is 0 Å². The fourth-order valence-corrected chi connectivity index (χ4v) is 3.45. The Bertz CT molecular complexity index is 877. The van der Waals surface area contributed by atoms with Gasteiger partial charge in [-0.05, 0) is 61.5 Å². The molecular weight excluding hydrogens is 410 g/mol. The molecule has 154 valence electrons. The van der Waals surface area contributed by atoms with Crippen molar-refractivity contribution in [3.05, 3.63) is 52.5 Å². The molecule has 0 atom stereocenters. The molecule has 1 saturated heterocycles. The van der Waals surface area contributed by atoms with E-state index in [-0.39, 0.29) is 17.6 Å². The normalized spacial score (nSPS) is 13.7. The van der Waals surface area contributed by atoms with Crippen molar-refractivity contribution in [2.24, 2.45) is 0 Å². The van der Waals surface area contributed by atoms with Crippen LogP contribution in [-0.4, -0.2) is 43.9 Å². The predicted octanol–water partition coefficient (Wildman–Crippen LogP) is 3.69. The standard InChI is InChI=1S/C21H24ClN3O3S/c1-14-11-16(12-15(2)20(14)22)28-13-19(26)24-21(29)23-17-5-3-4-6-18(17)25-7-9-27-10-8-25/h3-6,11-12H,7-10,13H2,1-2H3,(H2,23,24,26,29). The highest BCUT2D eigenvalue weighted by molar-refractivity contribution is 7.80. The molecule has 2 aromatic carbocycles. The molecule has 1 amide bonds. The van der Waals surface area contributed by atoms with Gasteiger partial charge in [0.2, 0.25) is 0 Å². The second-order valence-electron chi connectivity index (χ2n) is 6.78. The molecule has 1 heterocycles. The van der Waals surface area contributed by atoms with Crippen molar-refractivity contribution in [3.8, 4) is 5.75 Å². The molecule has 1 fully saturated rings. The van der Waals surface area contributed by atoms with E-state index >= 15 is 0 Å². The summed E-state index contributed by atoms with van der Waals surface area (Å²) in [5.41, 5.74) is 3.67. The molecule has 29 heavy (non-hydrogen) atoms. The number of hydrogen-bond donors (Lipinski definition) is 2. The Balaban J connectivity index is 1.55. The molecule has 0 unspecified atom stereocenters. The maximum atomic E-state index is 12.2. The number of amides is 1. The number of nitrogens with zero attached hydrogens (tertiary/aromatic N) is 1. The Labute approximate surface area is 181 Å². The summed E-state index contributed by atoms with van der Waals surface area (Å²) in [6.07, 6.45) is 0. The first-order chi connectivity index (χ1) is 13.9. The van der Waals surface area contributed by atoms with Gasteiger partial charge in [-0.15, -0.1) is 0 Å². The van der Waals surface area contributed by atoms with Crippen molar-refractivity contribution >= 4 is 46.2 Å². The Morgan fingerprint density at radius 1 is 1.21 bits per heavy atom. The van der Waals surface area contributed by atoms with Crippen LogP contribution in [0.25, 0.3) is 0 Å². The number of morpholine rings is 1. The minimum absolute atomic E-state index is 0.145. The molecule has 8 heteroatoms. The van der Waals surface area contributed by atoms with Crippen LogP contribution in [0.5, 0.6) is 5.75 Å². The third-order valence-corrected chi connectivity index (χ3v) is 5.34. The largest absolute Gasteiger partial charge is 0.484 e. The van der Waals surface area contributed by atoms with Crippen LogP contribution in [0, 0.1) is 13.8 Å². The summed E-state index contributed by atoms with van der Waals surface area (Å²) in [4.78, 5) is 14.5. The number of para-hydroxylation sites is 2. The van der Waals surface area contributed by atoms with Crippen molar-refractivity contribution in [3.63, 3.8) is 0 Å². The topological polar surface area (TPSA) is 62.8 Å². The average Bonchev–Trinajstić information content (AvgIpc) is 2.71. The van der Waals surface area contributed by atoms with Crippen LogP contribution in [-0.2, 0) is 9.53 Å². The van der Waals surface area contributed by atoms with Crippen LogP contribution in [0.3, 0.4) is 0 Å². The summed E-state index contributed by atoms with van der Waals surface area (Å²) in [5, 5.41) is 6.69. The molecule has 0 aromatic heterocycles. The number of carbonyl (C=O) groups is 1. The predicted molar refractivity (Wildman–Crippen MR) is 120 cm³/mol. The highest BCUT2D eigenvalue weighted by Gasteiger charge is 2.15. The van der Waals surface area contributed by atoms with Gasteiger partial charge in [0.25, 0.3) is 5.91 Å². The summed E-state index contributed by atoms with van der Waals surface area (Å²) < 4.78 is 11.0. The molecule has 1 aliphatic heterocycles. The van der Waals surface area contributed by atoms with Crippen molar-refractivity contribution in [2.45, 2.75) is 13.8 Å². The average molecular weight is 434 g/mol. The Morgan fingerprint density at radius 2 is 1.86 bits per heavy atom. The van der Waals surface area contributed by atoms with E-state index in [9.17, 15) is 4.79 Å². The maximum Gasteiger partial charge on any atom is 0.264 e. The summed E-state index contributed by atoms with van der Waals surface area (Å²) in [7, 11) is 0. The smallest absolute Gasteiger partial charge is 0.264 e. The number of nitrogens with one attached hydrogen (secondary N) is 2. The minimum atomic E-state index is -0.336. The number of thiocarbonyl (C=S) groups is 1. The first-order valence-electron chi connectivity index (χ1n) is 9.36. The number of rotatable bonds is 5. The molecule has 0 bridgehead atoms. The van der Waals surface area contributed by atoms with Gasteiger partial charge in [0, 0.05) is 18.1 Å². The van der Waals surface area contributed by atoms with Gasteiger partial charge in [-0.25, -0.2) is 0 Å². The van der Waals surface area contributed by atoms with Gasteiger partial charge in [0.05, 0.1) is 24.6 Å². The summed E-state index contributed by atoms with van der Waals surface area (Å²) in [5.74, 6) is 0.257. The van der Waals surface area contributed by atoms with Crippen molar-refractivity contribution in [1.82, 2.24) is 5.32 Å². The number of anilines is 2. The number of carbonyl (C=O) groups excluding carboxylic acids is 1. The van der Waals surface area contributed by atoms with Crippen molar-refractivity contribution < 1.29 is 14.3 Å².